The van der Waals surface area contributed by atoms with Crippen molar-refractivity contribution in [3.05, 3.63) is 83.7 Å². The summed E-state index contributed by atoms with van der Waals surface area (Å²) in [5, 5.41) is 17.5. The van der Waals surface area contributed by atoms with E-state index in [4.69, 9.17) is 0 Å². The van der Waals surface area contributed by atoms with E-state index in [1.165, 1.54) is 6.20 Å². The summed E-state index contributed by atoms with van der Waals surface area (Å²) in [6, 6.07) is 17.2. The van der Waals surface area contributed by atoms with Crippen molar-refractivity contribution in [3.63, 3.8) is 0 Å². The average molecular weight is 349 g/mol. The molecule has 0 saturated carbocycles. The second-order valence-electron chi connectivity index (χ2n) is 6.48. The van der Waals surface area contributed by atoms with Gasteiger partial charge >= 0.3 is 0 Å². The van der Waals surface area contributed by atoms with E-state index in [1.54, 1.807) is 17.8 Å². The number of aromatic nitrogens is 2. The van der Waals surface area contributed by atoms with Crippen LogP contribution in [0.1, 0.15) is 28.4 Å². The highest BCUT2D eigenvalue weighted by Gasteiger charge is 2.19. The Morgan fingerprint density at radius 2 is 1.85 bits per heavy atom. The highest BCUT2D eigenvalue weighted by molar-refractivity contribution is 5.94. The molecule has 3 rings (SSSR count). The molecule has 134 valence electrons. The van der Waals surface area contributed by atoms with Crippen LogP contribution in [-0.2, 0) is 6.42 Å². The molecular weight excluding hydrogens is 326 g/mol. The van der Waals surface area contributed by atoms with Crippen molar-refractivity contribution in [1.29, 1.82) is 0 Å². The van der Waals surface area contributed by atoms with Gasteiger partial charge < -0.3 is 10.4 Å². The largest absolute Gasteiger partial charge is 0.391 e. The lowest BCUT2D eigenvalue weighted by atomic mass is 10.0. The third-order valence-corrected chi connectivity index (χ3v) is 4.43. The van der Waals surface area contributed by atoms with Gasteiger partial charge in [-0.25, -0.2) is 4.68 Å². The van der Waals surface area contributed by atoms with Crippen LogP contribution in [0.15, 0.2) is 67.0 Å². The monoisotopic (exact) mass is 349 g/mol. The highest BCUT2D eigenvalue weighted by Crippen LogP contribution is 2.13. The molecule has 0 aliphatic carbocycles. The predicted molar refractivity (Wildman–Crippen MR) is 101 cm³/mol. The van der Waals surface area contributed by atoms with E-state index < -0.39 is 6.10 Å². The molecule has 1 amide bonds. The summed E-state index contributed by atoms with van der Waals surface area (Å²) >= 11 is 0. The van der Waals surface area contributed by atoms with E-state index in [1.807, 2.05) is 61.5 Å². The van der Waals surface area contributed by atoms with Crippen LogP contribution in [-0.4, -0.2) is 32.9 Å². The van der Waals surface area contributed by atoms with E-state index in [9.17, 15) is 9.90 Å². The first-order valence-electron chi connectivity index (χ1n) is 8.68. The predicted octanol–water partition coefficient (Wildman–Crippen LogP) is 2.90. The van der Waals surface area contributed by atoms with Gasteiger partial charge in [0.25, 0.3) is 5.91 Å². The summed E-state index contributed by atoms with van der Waals surface area (Å²) in [6.07, 6.45) is 3.07. The number of hydrogen-bond donors (Lipinski definition) is 2. The molecule has 0 bridgehead atoms. The summed E-state index contributed by atoms with van der Waals surface area (Å²) in [4.78, 5) is 12.5. The molecule has 26 heavy (non-hydrogen) atoms. The maximum Gasteiger partial charge on any atom is 0.254 e. The number of nitrogens with zero attached hydrogens (tertiary/aromatic N) is 2. The van der Waals surface area contributed by atoms with Crippen LogP contribution < -0.4 is 5.32 Å². The van der Waals surface area contributed by atoms with Crippen molar-refractivity contribution < 1.29 is 9.90 Å². The average Bonchev–Trinajstić information content (AvgIpc) is 3.13. The van der Waals surface area contributed by atoms with Crippen LogP contribution in [0.5, 0.6) is 0 Å². The van der Waals surface area contributed by atoms with E-state index in [2.05, 4.69) is 10.4 Å². The standard InChI is InChI=1S/C21H23N3O2/c1-15-8-6-7-11-19(15)24-14-18(13-22-24)21(26)23-16(2)20(25)12-17-9-4-3-5-10-17/h3-11,13-14,16,20,25H,12H2,1-2H3,(H,23,26). The molecule has 2 unspecified atom stereocenters. The van der Waals surface area contributed by atoms with Crippen LogP contribution in [0, 0.1) is 6.92 Å². The van der Waals surface area contributed by atoms with Gasteiger partial charge in [0.15, 0.2) is 0 Å². The first-order chi connectivity index (χ1) is 12.5. The number of carbonyl (C=O) groups excluding carboxylic acids is 1. The Morgan fingerprint density at radius 1 is 1.15 bits per heavy atom. The normalized spacial score (nSPS) is 13.2. The zero-order valence-electron chi connectivity index (χ0n) is 15.0. The fourth-order valence-electron chi connectivity index (χ4n) is 2.81. The molecule has 1 aromatic heterocycles. The number of amides is 1. The summed E-state index contributed by atoms with van der Waals surface area (Å²) in [5.74, 6) is -0.246. The van der Waals surface area contributed by atoms with Crippen LogP contribution in [0.3, 0.4) is 0 Å². The molecule has 5 heteroatoms. The lowest BCUT2D eigenvalue weighted by Crippen LogP contribution is -2.42. The number of aliphatic hydroxyl groups is 1. The Balaban J connectivity index is 1.64. The quantitative estimate of drug-likeness (QED) is 0.719. The van der Waals surface area contributed by atoms with Gasteiger partial charge in [0.05, 0.1) is 29.6 Å². The number of aliphatic hydroxyl groups excluding tert-OH is 1. The van der Waals surface area contributed by atoms with Crippen molar-refractivity contribution in [2.24, 2.45) is 0 Å². The SMILES string of the molecule is Cc1ccccc1-n1cc(C(=O)NC(C)C(O)Cc2ccccc2)cn1. The molecule has 0 aliphatic heterocycles. The number of rotatable bonds is 6. The fraction of sp³-hybridized carbons (Fsp3) is 0.238. The fourth-order valence-corrected chi connectivity index (χ4v) is 2.81. The van der Waals surface area contributed by atoms with E-state index in [-0.39, 0.29) is 11.9 Å². The molecular formula is C21H23N3O2. The van der Waals surface area contributed by atoms with Crippen LogP contribution in [0.4, 0.5) is 0 Å². The first-order valence-corrected chi connectivity index (χ1v) is 8.68. The minimum absolute atomic E-state index is 0.246. The third kappa shape index (κ3) is 4.18. The summed E-state index contributed by atoms with van der Waals surface area (Å²) < 4.78 is 1.69. The van der Waals surface area contributed by atoms with Gasteiger partial charge in [-0.2, -0.15) is 5.10 Å². The molecule has 2 aromatic carbocycles. The number of nitrogens with one attached hydrogen (secondary N) is 1. The summed E-state index contributed by atoms with van der Waals surface area (Å²) in [5.41, 5.74) is 3.51. The lowest BCUT2D eigenvalue weighted by Gasteiger charge is -2.20. The molecule has 5 nitrogen and oxygen atoms in total. The zero-order valence-corrected chi connectivity index (χ0v) is 15.0. The smallest absolute Gasteiger partial charge is 0.254 e. The summed E-state index contributed by atoms with van der Waals surface area (Å²) in [6.45, 7) is 3.80. The second kappa shape index (κ2) is 7.97. The third-order valence-electron chi connectivity index (χ3n) is 4.43. The Bertz CT molecular complexity index is 874. The molecule has 0 aliphatic rings. The second-order valence-corrected chi connectivity index (χ2v) is 6.48. The van der Waals surface area contributed by atoms with Gasteiger partial charge in [-0.3, -0.25) is 4.79 Å². The maximum absolute atomic E-state index is 12.5. The molecule has 0 saturated heterocycles. The van der Waals surface area contributed by atoms with Crippen LogP contribution >= 0.6 is 0 Å². The van der Waals surface area contributed by atoms with Gasteiger partial charge in [-0.15, -0.1) is 0 Å². The Labute approximate surface area is 153 Å². The zero-order chi connectivity index (χ0) is 18.5. The van der Waals surface area contributed by atoms with Gasteiger partial charge in [0.1, 0.15) is 0 Å². The number of benzene rings is 2. The Morgan fingerprint density at radius 3 is 2.58 bits per heavy atom. The maximum atomic E-state index is 12.5. The molecule has 0 radical (unpaired) electrons. The van der Waals surface area contributed by atoms with Crippen molar-refractivity contribution in [3.8, 4) is 5.69 Å². The van der Waals surface area contributed by atoms with Crippen molar-refractivity contribution in [2.45, 2.75) is 32.4 Å². The molecule has 2 N–H and O–H groups in total. The molecule has 3 aromatic rings. The Kier molecular flexibility index (Phi) is 5.49. The Hall–Kier alpha value is -2.92. The first kappa shape index (κ1) is 17.9. The van der Waals surface area contributed by atoms with Gasteiger partial charge in [-0.1, -0.05) is 48.5 Å². The molecule has 2 atom stereocenters. The molecule has 1 heterocycles. The number of aryl methyl sites for hydroxylation is 1. The topological polar surface area (TPSA) is 67.2 Å². The number of para-hydroxylation sites is 1. The van der Waals surface area contributed by atoms with E-state index >= 15 is 0 Å². The highest BCUT2D eigenvalue weighted by atomic mass is 16.3. The van der Waals surface area contributed by atoms with E-state index in [0.29, 0.717) is 12.0 Å². The van der Waals surface area contributed by atoms with Gasteiger partial charge in [0.2, 0.25) is 0 Å². The molecule has 0 fully saturated rings. The number of carbonyl (C=O) groups is 1. The van der Waals surface area contributed by atoms with Gasteiger partial charge in [-0.05, 0) is 31.0 Å². The van der Waals surface area contributed by atoms with Crippen molar-refractivity contribution in [1.82, 2.24) is 15.1 Å². The van der Waals surface area contributed by atoms with Crippen molar-refractivity contribution in [2.75, 3.05) is 0 Å². The lowest BCUT2D eigenvalue weighted by molar-refractivity contribution is 0.0852. The van der Waals surface area contributed by atoms with Crippen molar-refractivity contribution >= 4 is 5.91 Å². The van der Waals surface area contributed by atoms with Gasteiger partial charge in [0, 0.05) is 12.6 Å². The summed E-state index contributed by atoms with van der Waals surface area (Å²) in [7, 11) is 0. The minimum Gasteiger partial charge on any atom is -0.391 e. The van der Waals surface area contributed by atoms with E-state index in [0.717, 1.165) is 16.8 Å². The minimum atomic E-state index is -0.659. The van der Waals surface area contributed by atoms with Crippen LogP contribution in [0.25, 0.3) is 5.69 Å². The number of hydrogen-bond acceptors (Lipinski definition) is 3. The molecule has 0 spiro atoms. The van der Waals surface area contributed by atoms with Crippen LogP contribution in [0.2, 0.25) is 0 Å².